The first-order valence-corrected chi connectivity index (χ1v) is 9.59. The second-order valence-corrected chi connectivity index (χ2v) is 6.64. The van der Waals surface area contributed by atoms with Crippen LogP contribution in [0.1, 0.15) is 69.3 Å². The fourth-order valence-corrected chi connectivity index (χ4v) is 3.99. The molecule has 2 rings (SSSR count). The minimum absolute atomic E-state index is 0.104. The molecule has 2 aromatic carbocycles. The number of hydrogen-bond acceptors (Lipinski definition) is 2. The molecule has 0 radical (unpaired) electrons. The number of anilines is 1. The predicted molar refractivity (Wildman–Crippen MR) is 108 cm³/mol. The molecule has 0 saturated heterocycles. The van der Waals surface area contributed by atoms with Crippen molar-refractivity contribution in [2.45, 2.75) is 58.9 Å². The zero-order valence-corrected chi connectivity index (χ0v) is 16.1. The smallest absolute Gasteiger partial charge is 0.195 e. The van der Waals surface area contributed by atoms with Crippen molar-refractivity contribution in [1.82, 2.24) is 0 Å². The van der Waals surface area contributed by atoms with E-state index in [1.54, 1.807) is 0 Å². The molecule has 2 aromatic rings. The lowest BCUT2D eigenvalue weighted by molar-refractivity contribution is 0.103. The molecule has 2 heteroatoms. The average molecular weight is 338 g/mol. The van der Waals surface area contributed by atoms with E-state index in [1.165, 1.54) is 0 Å². The van der Waals surface area contributed by atoms with Gasteiger partial charge >= 0.3 is 0 Å². The van der Waals surface area contributed by atoms with Crippen LogP contribution in [0.25, 0.3) is 0 Å². The number of carbonyl (C=O) groups excluding carboxylic acids is 1. The summed E-state index contributed by atoms with van der Waals surface area (Å²) >= 11 is 0. The van der Waals surface area contributed by atoms with Gasteiger partial charge in [-0.2, -0.15) is 0 Å². The van der Waals surface area contributed by atoms with Crippen LogP contribution in [0.15, 0.2) is 54.6 Å². The maximum absolute atomic E-state index is 13.1. The third-order valence-electron chi connectivity index (χ3n) is 5.40. The maximum atomic E-state index is 13.1. The molecule has 0 bridgehead atoms. The van der Waals surface area contributed by atoms with E-state index in [0.717, 1.165) is 49.0 Å². The van der Waals surface area contributed by atoms with Crippen molar-refractivity contribution in [3.8, 4) is 0 Å². The van der Waals surface area contributed by atoms with Gasteiger partial charge in [0.2, 0.25) is 0 Å². The molecule has 0 aliphatic heterocycles. The van der Waals surface area contributed by atoms with Gasteiger partial charge in [-0.3, -0.25) is 4.79 Å². The number of rotatable bonds is 9. The first-order chi connectivity index (χ1) is 12.1. The standard InChI is InChI=1S/C23H31NO/c1-5-18-23(6-2,7-3)24(8-4)21-17-13-12-16-20(21)22(25)19-14-10-9-11-15-19/h9-17H,5-8,18H2,1-4H3. The first kappa shape index (κ1) is 19.2. The Kier molecular flexibility index (Phi) is 6.81. The van der Waals surface area contributed by atoms with Crippen LogP contribution in [-0.4, -0.2) is 17.9 Å². The van der Waals surface area contributed by atoms with Gasteiger partial charge in [-0.1, -0.05) is 69.7 Å². The molecule has 0 heterocycles. The SMILES string of the molecule is CCCC(CC)(CC)N(CC)c1ccccc1C(=O)c1ccccc1. The lowest BCUT2D eigenvalue weighted by atomic mass is 9.84. The minimum atomic E-state index is 0.104. The van der Waals surface area contributed by atoms with Crippen molar-refractivity contribution in [1.29, 1.82) is 0 Å². The molecular weight excluding hydrogens is 306 g/mol. The zero-order chi connectivity index (χ0) is 18.3. The Bertz CT molecular complexity index is 674. The van der Waals surface area contributed by atoms with E-state index in [4.69, 9.17) is 0 Å². The Labute approximate surface area is 152 Å². The van der Waals surface area contributed by atoms with Crippen molar-refractivity contribution >= 4 is 11.5 Å². The van der Waals surface area contributed by atoms with Crippen molar-refractivity contribution < 1.29 is 4.79 Å². The van der Waals surface area contributed by atoms with Crippen LogP contribution in [0.3, 0.4) is 0 Å². The van der Waals surface area contributed by atoms with Crippen molar-refractivity contribution in [3.63, 3.8) is 0 Å². The zero-order valence-electron chi connectivity index (χ0n) is 16.1. The van der Waals surface area contributed by atoms with Crippen LogP contribution >= 0.6 is 0 Å². The number of nitrogens with zero attached hydrogens (tertiary/aromatic N) is 1. The number of ketones is 1. The molecule has 0 unspecified atom stereocenters. The average Bonchev–Trinajstić information content (AvgIpc) is 2.68. The molecule has 0 amide bonds. The van der Waals surface area contributed by atoms with E-state index in [2.05, 4.69) is 38.7 Å². The van der Waals surface area contributed by atoms with Crippen LogP contribution < -0.4 is 4.90 Å². The van der Waals surface area contributed by atoms with E-state index in [0.29, 0.717) is 0 Å². The molecule has 2 nitrogen and oxygen atoms in total. The molecular formula is C23H31NO. The Morgan fingerprint density at radius 3 is 2.04 bits per heavy atom. The lowest BCUT2D eigenvalue weighted by Crippen LogP contribution is -2.48. The third kappa shape index (κ3) is 3.95. The Morgan fingerprint density at radius 1 is 0.880 bits per heavy atom. The van der Waals surface area contributed by atoms with Gasteiger partial charge in [0.15, 0.2) is 5.78 Å². The summed E-state index contributed by atoms with van der Waals surface area (Å²) in [7, 11) is 0. The molecule has 134 valence electrons. The highest BCUT2D eigenvalue weighted by Crippen LogP contribution is 2.36. The molecule has 25 heavy (non-hydrogen) atoms. The van der Waals surface area contributed by atoms with Crippen molar-refractivity contribution in [2.75, 3.05) is 11.4 Å². The summed E-state index contributed by atoms with van der Waals surface area (Å²) in [5.74, 6) is 0.104. The number of carbonyl (C=O) groups is 1. The monoisotopic (exact) mass is 337 g/mol. The summed E-state index contributed by atoms with van der Waals surface area (Å²) in [5, 5.41) is 0. The molecule has 0 saturated carbocycles. The second-order valence-electron chi connectivity index (χ2n) is 6.64. The molecule has 0 aliphatic carbocycles. The van der Waals surface area contributed by atoms with E-state index in [-0.39, 0.29) is 11.3 Å². The third-order valence-corrected chi connectivity index (χ3v) is 5.40. The first-order valence-electron chi connectivity index (χ1n) is 9.59. The largest absolute Gasteiger partial charge is 0.366 e. The number of hydrogen-bond donors (Lipinski definition) is 0. The fourth-order valence-electron chi connectivity index (χ4n) is 3.99. The van der Waals surface area contributed by atoms with E-state index in [1.807, 2.05) is 48.5 Å². The predicted octanol–water partition coefficient (Wildman–Crippen LogP) is 6.10. The highest BCUT2D eigenvalue weighted by Gasteiger charge is 2.33. The van der Waals surface area contributed by atoms with Crippen molar-refractivity contribution in [3.05, 3.63) is 65.7 Å². The minimum Gasteiger partial charge on any atom is -0.366 e. The van der Waals surface area contributed by atoms with E-state index >= 15 is 0 Å². The van der Waals surface area contributed by atoms with Gasteiger partial charge in [0.25, 0.3) is 0 Å². The highest BCUT2D eigenvalue weighted by molar-refractivity contribution is 6.12. The summed E-state index contributed by atoms with van der Waals surface area (Å²) in [6.45, 7) is 9.88. The van der Waals surface area contributed by atoms with Gasteiger partial charge in [0, 0.05) is 28.9 Å². The summed E-state index contributed by atoms with van der Waals surface area (Å²) in [6.07, 6.45) is 4.45. The topological polar surface area (TPSA) is 20.3 Å². The number of para-hydroxylation sites is 1. The van der Waals surface area contributed by atoms with Crippen LogP contribution in [-0.2, 0) is 0 Å². The van der Waals surface area contributed by atoms with Gasteiger partial charge in [-0.15, -0.1) is 0 Å². The number of benzene rings is 2. The fraction of sp³-hybridized carbons (Fsp3) is 0.435. The normalized spacial score (nSPS) is 11.4. The second kappa shape index (κ2) is 8.84. The molecule has 0 atom stereocenters. The summed E-state index contributed by atoms with van der Waals surface area (Å²) < 4.78 is 0. The van der Waals surface area contributed by atoms with Gasteiger partial charge in [0.1, 0.15) is 0 Å². The highest BCUT2D eigenvalue weighted by atomic mass is 16.1. The summed E-state index contributed by atoms with van der Waals surface area (Å²) in [6, 6.07) is 17.7. The molecule has 0 fully saturated rings. The quantitative estimate of drug-likeness (QED) is 0.515. The van der Waals surface area contributed by atoms with Gasteiger partial charge < -0.3 is 4.90 Å². The molecule has 0 spiro atoms. The Morgan fingerprint density at radius 2 is 1.48 bits per heavy atom. The molecule has 0 aromatic heterocycles. The van der Waals surface area contributed by atoms with Gasteiger partial charge in [0.05, 0.1) is 0 Å². The summed E-state index contributed by atoms with van der Waals surface area (Å²) in [5.41, 5.74) is 2.73. The Hall–Kier alpha value is -2.09. The lowest BCUT2D eigenvalue weighted by Gasteiger charge is -2.45. The van der Waals surface area contributed by atoms with Crippen molar-refractivity contribution in [2.24, 2.45) is 0 Å². The van der Waals surface area contributed by atoms with Crippen LogP contribution in [0.4, 0.5) is 5.69 Å². The van der Waals surface area contributed by atoms with Gasteiger partial charge in [-0.25, -0.2) is 0 Å². The summed E-state index contributed by atoms with van der Waals surface area (Å²) in [4.78, 5) is 15.6. The van der Waals surface area contributed by atoms with Gasteiger partial charge in [-0.05, 0) is 38.3 Å². The van der Waals surface area contributed by atoms with E-state index < -0.39 is 0 Å². The van der Waals surface area contributed by atoms with Crippen LogP contribution in [0.5, 0.6) is 0 Å². The van der Waals surface area contributed by atoms with E-state index in [9.17, 15) is 4.79 Å². The molecule has 0 aliphatic rings. The Balaban J connectivity index is 2.52. The maximum Gasteiger partial charge on any atom is 0.195 e. The molecule has 0 N–H and O–H groups in total. The van der Waals surface area contributed by atoms with Crippen LogP contribution in [0.2, 0.25) is 0 Å². The van der Waals surface area contributed by atoms with Crippen LogP contribution in [0, 0.1) is 0 Å².